The number of benzene rings is 2. The summed E-state index contributed by atoms with van der Waals surface area (Å²) in [5.41, 5.74) is 0.559. The van der Waals surface area contributed by atoms with E-state index in [-0.39, 0.29) is 24.8 Å². The van der Waals surface area contributed by atoms with Crippen LogP contribution in [-0.2, 0) is 16.6 Å². The standard InChI is InChI=1S/C19H19FN4O3S/c20-16-8-4-5-9-17(16)28(26,27)21-12-13-23-19(25)24(15-10-11-15)18(22-23)14-6-2-1-3-7-14/h1-9,15,21H,10-13H2. The van der Waals surface area contributed by atoms with Gasteiger partial charge < -0.3 is 0 Å². The van der Waals surface area contributed by atoms with Crippen LogP contribution in [0.4, 0.5) is 4.39 Å². The van der Waals surface area contributed by atoms with E-state index >= 15 is 0 Å². The fraction of sp³-hybridized carbons (Fsp3) is 0.263. The second-order valence-corrected chi connectivity index (χ2v) is 8.36. The molecule has 1 heterocycles. The van der Waals surface area contributed by atoms with Crippen LogP contribution in [0.3, 0.4) is 0 Å². The molecule has 146 valence electrons. The molecule has 0 unspecified atom stereocenters. The summed E-state index contributed by atoms with van der Waals surface area (Å²) >= 11 is 0. The minimum atomic E-state index is -4.01. The number of nitrogens with zero attached hydrogens (tertiary/aromatic N) is 3. The summed E-state index contributed by atoms with van der Waals surface area (Å²) in [6, 6.07) is 14.7. The lowest BCUT2D eigenvalue weighted by atomic mass is 10.2. The molecule has 2 aromatic carbocycles. The van der Waals surface area contributed by atoms with Gasteiger partial charge in [-0.3, -0.25) is 4.57 Å². The predicted octanol–water partition coefficient (Wildman–Crippen LogP) is 2.16. The molecule has 9 heteroatoms. The van der Waals surface area contributed by atoms with Gasteiger partial charge in [0.1, 0.15) is 10.7 Å². The SMILES string of the molecule is O=c1n(CCNS(=O)(=O)c2ccccc2F)nc(-c2ccccc2)n1C1CC1. The van der Waals surface area contributed by atoms with Crippen LogP contribution in [-0.4, -0.2) is 29.3 Å². The van der Waals surface area contributed by atoms with Gasteiger partial charge in [-0.25, -0.2) is 27.0 Å². The van der Waals surface area contributed by atoms with Gasteiger partial charge in [0, 0.05) is 18.2 Å². The molecule has 3 aromatic rings. The van der Waals surface area contributed by atoms with E-state index in [0.717, 1.165) is 24.5 Å². The summed E-state index contributed by atoms with van der Waals surface area (Å²) in [7, 11) is -4.01. The third kappa shape index (κ3) is 3.63. The Morgan fingerprint density at radius 1 is 1.07 bits per heavy atom. The molecule has 1 aliphatic carbocycles. The van der Waals surface area contributed by atoms with E-state index in [4.69, 9.17) is 0 Å². The number of hydrogen-bond donors (Lipinski definition) is 1. The Hall–Kier alpha value is -2.78. The lowest BCUT2D eigenvalue weighted by Crippen LogP contribution is -2.32. The molecule has 7 nitrogen and oxygen atoms in total. The summed E-state index contributed by atoms with van der Waals surface area (Å²) in [5, 5.41) is 4.41. The molecule has 0 bridgehead atoms. The van der Waals surface area contributed by atoms with Crippen LogP contribution >= 0.6 is 0 Å². The highest BCUT2D eigenvalue weighted by molar-refractivity contribution is 7.89. The van der Waals surface area contributed by atoms with E-state index in [2.05, 4.69) is 9.82 Å². The summed E-state index contributed by atoms with van der Waals surface area (Å²) in [6.45, 7) is -0.0292. The maximum atomic E-state index is 13.7. The number of halogens is 1. The van der Waals surface area contributed by atoms with Crippen LogP contribution in [0.25, 0.3) is 11.4 Å². The maximum Gasteiger partial charge on any atom is 0.346 e. The van der Waals surface area contributed by atoms with E-state index in [0.29, 0.717) is 5.82 Å². The predicted molar refractivity (Wildman–Crippen MR) is 102 cm³/mol. The van der Waals surface area contributed by atoms with Crippen molar-refractivity contribution in [3.63, 3.8) is 0 Å². The Labute approximate surface area is 161 Å². The Morgan fingerprint density at radius 2 is 1.75 bits per heavy atom. The van der Waals surface area contributed by atoms with Crippen LogP contribution in [0.15, 0.2) is 64.3 Å². The van der Waals surface area contributed by atoms with E-state index in [1.165, 1.54) is 22.9 Å². The molecule has 4 rings (SSSR count). The Morgan fingerprint density at radius 3 is 2.43 bits per heavy atom. The zero-order valence-electron chi connectivity index (χ0n) is 15.0. The molecule has 28 heavy (non-hydrogen) atoms. The Kier molecular flexibility index (Phi) is 4.86. The van der Waals surface area contributed by atoms with Gasteiger partial charge in [0.2, 0.25) is 10.0 Å². The van der Waals surface area contributed by atoms with E-state index < -0.39 is 20.7 Å². The molecule has 0 atom stereocenters. The zero-order chi connectivity index (χ0) is 19.7. The van der Waals surface area contributed by atoms with Crippen molar-refractivity contribution in [2.45, 2.75) is 30.3 Å². The highest BCUT2D eigenvalue weighted by Gasteiger charge is 2.30. The van der Waals surface area contributed by atoms with Gasteiger partial charge >= 0.3 is 5.69 Å². The normalized spacial score (nSPS) is 14.3. The van der Waals surface area contributed by atoms with Gasteiger partial charge in [0.25, 0.3) is 0 Å². The van der Waals surface area contributed by atoms with Crippen molar-refractivity contribution in [1.29, 1.82) is 0 Å². The number of rotatable bonds is 7. The lowest BCUT2D eigenvalue weighted by Gasteiger charge is -2.07. The molecule has 1 aromatic heterocycles. The molecule has 0 radical (unpaired) electrons. The Balaban J connectivity index is 1.55. The first-order valence-corrected chi connectivity index (χ1v) is 10.4. The van der Waals surface area contributed by atoms with Crippen LogP contribution in [0.2, 0.25) is 0 Å². The zero-order valence-corrected chi connectivity index (χ0v) is 15.8. The third-order valence-electron chi connectivity index (χ3n) is 4.56. The molecular formula is C19H19FN4O3S. The molecule has 1 aliphatic rings. The second kappa shape index (κ2) is 7.33. The average molecular weight is 402 g/mol. The molecule has 0 saturated heterocycles. The highest BCUT2D eigenvalue weighted by atomic mass is 32.2. The highest BCUT2D eigenvalue weighted by Crippen LogP contribution is 2.36. The topological polar surface area (TPSA) is 86.0 Å². The molecular weight excluding hydrogens is 383 g/mol. The molecule has 0 amide bonds. The van der Waals surface area contributed by atoms with E-state index in [1.54, 1.807) is 4.57 Å². The maximum absolute atomic E-state index is 13.7. The fourth-order valence-corrected chi connectivity index (χ4v) is 4.14. The van der Waals surface area contributed by atoms with Crippen LogP contribution in [0.1, 0.15) is 18.9 Å². The average Bonchev–Trinajstić information content (AvgIpc) is 3.47. The number of sulfonamides is 1. The van der Waals surface area contributed by atoms with Gasteiger partial charge in [-0.05, 0) is 25.0 Å². The van der Waals surface area contributed by atoms with Gasteiger partial charge in [-0.15, -0.1) is 5.10 Å². The first-order valence-electron chi connectivity index (χ1n) is 8.96. The van der Waals surface area contributed by atoms with Crippen LogP contribution in [0, 0.1) is 5.82 Å². The number of nitrogens with one attached hydrogen (secondary N) is 1. The van der Waals surface area contributed by atoms with Gasteiger partial charge in [0.05, 0.1) is 6.54 Å². The first-order chi connectivity index (χ1) is 13.5. The van der Waals surface area contributed by atoms with Gasteiger partial charge in [-0.1, -0.05) is 42.5 Å². The second-order valence-electron chi connectivity index (χ2n) is 6.62. The van der Waals surface area contributed by atoms with Crippen molar-refractivity contribution >= 4 is 10.0 Å². The smallest absolute Gasteiger partial charge is 0.272 e. The number of aromatic nitrogens is 3. The quantitative estimate of drug-likeness (QED) is 0.656. The summed E-state index contributed by atoms with van der Waals surface area (Å²) in [4.78, 5) is 12.3. The van der Waals surface area contributed by atoms with Crippen molar-refractivity contribution in [1.82, 2.24) is 19.1 Å². The first kappa shape index (κ1) is 18.6. The van der Waals surface area contributed by atoms with Crippen LogP contribution < -0.4 is 10.4 Å². The molecule has 1 fully saturated rings. The minimum Gasteiger partial charge on any atom is -0.272 e. The Bertz CT molecular complexity index is 1150. The summed E-state index contributed by atoms with van der Waals surface area (Å²) in [6.07, 6.45) is 1.84. The summed E-state index contributed by atoms with van der Waals surface area (Å²) in [5.74, 6) is -0.249. The largest absolute Gasteiger partial charge is 0.346 e. The van der Waals surface area contributed by atoms with Gasteiger partial charge in [0.15, 0.2) is 5.82 Å². The molecule has 1 N–H and O–H groups in total. The van der Waals surface area contributed by atoms with Crippen molar-refractivity contribution in [2.24, 2.45) is 0 Å². The third-order valence-corrected chi connectivity index (χ3v) is 6.05. The summed E-state index contributed by atoms with van der Waals surface area (Å²) < 4.78 is 43.6. The van der Waals surface area contributed by atoms with Crippen molar-refractivity contribution in [2.75, 3.05) is 6.54 Å². The van der Waals surface area contributed by atoms with Crippen molar-refractivity contribution < 1.29 is 12.8 Å². The van der Waals surface area contributed by atoms with Gasteiger partial charge in [-0.2, -0.15) is 0 Å². The lowest BCUT2D eigenvalue weighted by molar-refractivity contribution is 0.537. The number of hydrogen-bond acceptors (Lipinski definition) is 4. The van der Waals surface area contributed by atoms with Crippen LogP contribution in [0.5, 0.6) is 0 Å². The minimum absolute atomic E-state index is 0.0477. The molecule has 0 spiro atoms. The monoisotopic (exact) mass is 402 g/mol. The van der Waals surface area contributed by atoms with E-state index in [9.17, 15) is 17.6 Å². The molecule has 1 saturated carbocycles. The fourth-order valence-electron chi connectivity index (χ4n) is 3.04. The molecule has 0 aliphatic heterocycles. The van der Waals surface area contributed by atoms with Crippen molar-refractivity contribution in [3.8, 4) is 11.4 Å². The van der Waals surface area contributed by atoms with Crippen molar-refractivity contribution in [3.05, 3.63) is 70.9 Å². The van der Waals surface area contributed by atoms with E-state index in [1.807, 2.05) is 30.3 Å².